The minimum atomic E-state index is -1.30. The average molecular weight is 450 g/mol. The van der Waals surface area contributed by atoms with Gasteiger partial charge >= 0.3 is 0 Å². The predicted molar refractivity (Wildman–Crippen MR) is 122 cm³/mol. The second kappa shape index (κ2) is 10.3. The van der Waals surface area contributed by atoms with Crippen molar-refractivity contribution in [2.45, 2.75) is 44.2 Å². The quantitative estimate of drug-likeness (QED) is 0.563. The Kier molecular flexibility index (Phi) is 7.07. The highest BCUT2D eigenvalue weighted by Crippen LogP contribution is 2.32. The molecule has 1 aromatic heterocycles. The summed E-state index contributed by atoms with van der Waals surface area (Å²) in [6, 6.07) is 14.6. The summed E-state index contributed by atoms with van der Waals surface area (Å²) in [5.41, 5.74) is 0.409. The molecule has 1 fully saturated rings. The Morgan fingerprint density at radius 3 is 2.27 bits per heavy atom. The molecule has 1 aliphatic rings. The molecule has 5 nitrogen and oxygen atoms in total. The summed E-state index contributed by atoms with van der Waals surface area (Å²) in [5, 5.41) is 3.02. The zero-order valence-corrected chi connectivity index (χ0v) is 18.1. The molecule has 0 saturated heterocycles. The lowest BCUT2D eigenvalue weighted by Crippen LogP contribution is -2.47. The Bertz CT molecular complexity index is 1100. The van der Waals surface area contributed by atoms with Crippen molar-refractivity contribution in [3.63, 3.8) is 0 Å². The van der Waals surface area contributed by atoms with Crippen molar-refractivity contribution >= 4 is 17.5 Å². The number of halogens is 2. The number of amides is 2. The first-order valence-corrected chi connectivity index (χ1v) is 11.1. The van der Waals surface area contributed by atoms with Crippen LogP contribution in [-0.2, 0) is 4.79 Å². The number of carbonyl (C=O) groups is 2. The summed E-state index contributed by atoms with van der Waals surface area (Å²) >= 11 is 0. The SMILES string of the molecule is O=C(NC1CCCCC1)C(c1ccccc1F)N(C(=O)c1ccccn1)c1ccc(F)cc1. The summed E-state index contributed by atoms with van der Waals surface area (Å²) in [4.78, 5) is 32.6. The van der Waals surface area contributed by atoms with Gasteiger partial charge in [-0.25, -0.2) is 8.78 Å². The second-order valence-corrected chi connectivity index (χ2v) is 8.13. The third-order valence-corrected chi connectivity index (χ3v) is 5.87. The van der Waals surface area contributed by atoms with Crippen LogP contribution in [0.15, 0.2) is 72.9 Å². The maximum absolute atomic E-state index is 15.0. The van der Waals surface area contributed by atoms with E-state index in [1.165, 1.54) is 59.6 Å². The van der Waals surface area contributed by atoms with Gasteiger partial charge < -0.3 is 5.32 Å². The molecule has 2 amide bonds. The fourth-order valence-corrected chi connectivity index (χ4v) is 4.22. The van der Waals surface area contributed by atoms with Gasteiger partial charge in [0.1, 0.15) is 23.4 Å². The van der Waals surface area contributed by atoms with Crippen molar-refractivity contribution in [2.24, 2.45) is 0 Å². The largest absolute Gasteiger partial charge is 0.351 e. The van der Waals surface area contributed by atoms with Gasteiger partial charge in [0.25, 0.3) is 5.91 Å². The van der Waals surface area contributed by atoms with Gasteiger partial charge in [-0.1, -0.05) is 43.5 Å². The highest BCUT2D eigenvalue weighted by atomic mass is 19.1. The molecule has 3 aromatic rings. The fourth-order valence-electron chi connectivity index (χ4n) is 4.22. The lowest BCUT2D eigenvalue weighted by Gasteiger charge is -2.33. The average Bonchev–Trinajstić information content (AvgIpc) is 2.85. The van der Waals surface area contributed by atoms with Crippen molar-refractivity contribution in [1.82, 2.24) is 10.3 Å². The van der Waals surface area contributed by atoms with Crippen molar-refractivity contribution in [3.05, 3.63) is 95.8 Å². The molecule has 1 saturated carbocycles. The van der Waals surface area contributed by atoms with E-state index in [0.29, 0.717) is 0 Å². The fraction of sp³-hybridized carbons (Fsp3) is 0.269. The summed E-state index contributed by atoms with van der Waals surface area (Å²) in [5.74, 6) is -2.17. The molecule has 170 valence electrons. The van der Waals surface area contributed by atoms with Crippen molar-refractivity contribution in [1.29, 1.82) is 0 Å². The first-order valence-electron chi connectivity index (χ1n) is 11.1. The number of nitrogens with zero attached hydrogens (tertiary/aromatic N) is 2. The molecule has 1 heterocycles. The van der Waals surface area contributed by atoms with Crippen LogP contribution in [0.25, 0.3) is 0 Å². The van der Waals surface area contributed by atoms with E-state index in [4.69, 9.17) is 0 Å². The molecule has 1 unspecified atom stereocenters. The Morgan fingerprint density at radius 2 is 1.61 bits per heavy atom. The standard InChI is InChI=1S/C26H25F2N3O2/c27-18-13-15-20(16-14-18)31(26(33)23-12-6-7-17-29-23)24(21-10-4-5-11-22(21)28)25(32)30-19-8-2-1-3-9-19/h4-7,10-17,19,24H,1-3,8-9H2,(H,30,32). The zero-order chi connectivity index (χ0) is 23.2. The van der Waals surface area contributed by atoms with Crippen LogP contribution in [0.5, 0.6) is 0 Å². The maximum atomic E-state index is 15.0. The van der Waals surface area contributed by atoms with E-state index >= 15 is 0 Å². The van der Waals surface area contributed by atoms with E-state index < -0.39 is 29.5 Å². The van der Waals surface area contributed by atoms with Gasteiger partial charge in [-0.05, 0) is 55.3 Å². The summed E-state index contributed by atoms with van der Waals surface area (Å²) in [6.07, 6.45) is 6.26. The van der Waals surface area contributed by atoms with E-state index in [0.717, 1.165) is 32.1 Å². The van der Waals surface area contributed by atoms with Gasteiger partial charge in [0.05, 0.1) is 0 Å². The Morgan fingerprint density at radius 1 is 0.909 bits per heavy atom. The van der Waals surface area contributed by atoms with Crippen LogP contribution in [0.4, 0.5) is 14.5 Å². The minimum absolute atomic E-state index is 0.0412. The van der Waals surface area contributed by atoms with Crippen LogP contribution in [-0.4, -0.2) is 22.8 Å². The number of nitrogens with one attached hydrogen (secondary N) is 1. The molecule has 0 spiro atoms. The maximum Gasteiger partial charge on any atom is 0.277 e. The van der Waals surface area contributed by atoms with Gasteiger partial charge in [0.15, 0.2) is 0 Å². The van der Waals surface area contributed by atoms with E-state index in [2.05, 4.69) is 10.3 Å². The summed E-state index contributed by atoms with van der Waals surface area (Å²) in [7, 11) is 0. The molecular formula is C26H25F2N3O2. The molecule has 1 aliphatic carbocycles. The third kappa shape index (κ3) is 5.25. The predicted octanol–water partition coefficient (Wildman–Crippen LogP) is 5.20. The minimum Gasteiger partial charge on any atom is -0.351 e. The first-order chi connectivity index (χ1) is 16.0. The van der Waals surface area contributed by atoms with Gasteiger partial charge in [0.2, 0.25) is 5.91 Å². The van der Waals surface area contributed by atoms with Gasteiger partial charge in [0, 0.05) is 23.5 Å². The zero-order valence-electron chi connectivity index (χ0n) is 18.1. The molecular weight excluding hydrogens is 424 g/mol. The lowest BCUT2D eigenvalue weighted by atomic mass is 9.94. The van der Waals surface area contributed by atoms with E-state index in [1.807, 2.05) is 0 Å². The second-order valence-electron chi connectivity index (χ2n) is 8.13. The van der Waals surface area contributed by atoms with Crippen molar-refractivity contribution in [3.8, 4) is 0 Å². The topological polar surface area (TPSA) is 62.3 Å². The number of rotatable bonds is 6. The molecule has 1 N–H and O–H groups in total. The van der Waals surface area contributed by atoms with Crippen LogP contribution in [0.3, 0.4) is 0 Å². The van der Waals surface area contributed by atoms with Crippen LogP contribution >= 0.6 is 0 Å². The van der Waals surface area contributed by atoms with E-state index in [-0.39, 0.29) is 23.0 Å². The molecule has 4 rings (SSSR count). The molecule has 33 heavy (non-hydrogen) atoms. The lowest BCUT2D eigenvalue weighted by molar-refractivity contribution is -0.123. The van der Waals surface area contributed by atoms with Gasteiger partial charge in [-0.2, -0.15) is 0 Å². The van der Waals surface area contributed by atoms with Crippen LogP contribution in [0.2, 0.25) is 0 Å². The van der Waals surface area contributed by atoms with Crippen LogP contribution < -0.4 is 10.2 Å². The normalized spacial score (nSPS) is 15.0. The highest BCUT2D eigenvalue weighted by Gasteiger charge is 2.36. The molecule has 1 atom stereocenters. The first kappa shape index (κ1) is 22.6. The Labute approximate surface area is 191 Å². The number of hydrogen-bond donors (Lipinski definition) is 1. The highest BCUT2D eigenvalue weighted by molar-refractivity contribution is 6.09. The molecule has 0 radical (unpaired) electrons. The molecule has 0 aliphatic heterocycles. The van der Waals surface area contributed by atoms with Crippen LogP contribution in [0, 0.1) is 11.6 Å². The molecule has 7 heteroatoms. The number of anilines is 1. The third-order valence-electron chi connectivity index (χ3n) is 5.87. The number of benzene rings is 2. The smallest absolute Gasteiger partial charge is 0.277 e. The molecule has 0 bridgehead atoms. The van der Waals surface area contributed by atoms with E-state index in [1.54, 1.807) is 18.2 Å². The monoisotopic (exact) mass is 449 g/mol. The number of hydrogen-bond acceptors (Lipinski definition) is 3. The number of carbonyl (C=O) groups excluding carboxylic acids is 2. The Hall–Kier alpha value is -3.61. The summed E-state index contributed by atoms with van der Waals surface area (Å²) < 4.78 is 28.7. The number of aromatic nitrogens is 1. The van der Waals surface area contributed by atoms with Crippen LogP contribution in [0.1, 0.15) is 54.2 Å². The van der Waals surface area contributed by atoms with Gasteiger partial charge in [-0.3, -0.25) is 19.5 Å². The summed E-state index contributed by atoms with van der Waals surface area (Å²) in [6.45, 7) is 0. The Balaban J connectivity index is 1.81. The van der Waals surface area contributed by atoms with Gasteiger partial charge in [-0.15, -0.1) is 0 Å². The van der Waals surface area contributed by atoms with E-state index in [9.17, 15) is 18.4 Å². The van der Waals surface area contributed by atoms with Crippen molar-refractivity contribution in [2.75, 3.05) is 4.90 Å². The number of pyridine rings is 1. The van der Waals surface area contributed by atoms with Crippen molar-refractivity contribution < 1.29 is 18.4 Å². The molecule has 2 aromatic carbocycles.